The summed E-state index contributed by atoms with van der Waals surface area (Å²) in [4.78, 5) is 0. The van der Waals surface area contributed by atoms with Crippen LogP contribution in [0.1, 0.15) is 50.6 Å². The zero-order chi connectivity index (χ0) is 13.8. The fraction of sp³-hybridized carbons (Fsp3) is 0.600. The van der Waals surface area contributed by atoms with Crippen LogP contribution in [0.15, 0.2) is 12.1 Å². The van der Waals surface area contributed by atoms with Crippen molar-refractivity contribution in [1.82, 2.24) is 0 Å². The monoisotopic (exact) mass is 321 g/mol. The van der Waals surface area contributed by atoms with E-state index in [4.69, 9.17) is 22.1 Å². The van der Waals surface area contributed by atoms with Crippen LogP contribution in [0.2, 0.25) is 5.02 Å². The quantitative estimate of drug-likeness (QED) is 0.857. The molecule has 1 aliphatic carbocycles. The summed E-state index contributed by atoms with van der Waals surface area (Å²) >= 11 is 6.08. The molecule has 20 heavy (non-hydrogen) atoms. The molecular formula is C15H22Cl2FNO. The molecule has 0 aliphatic heterocycles. The number of hydrogen-bond acceptors (Lipinski definition) is 2. The molecule has 2 N–H and O–H groups in total. The zero-order valence-electron chi connectivity index (χ0n) is 11.7. The maximum absolute atomic E-state index is 14.0. The normalized spacial score (nSPS) is 17.4. The zero-order valence-corrected chi connectivity index (χ0v) is 13.3. The van der Waals surface area contributed by atoms with Crippen molar-refractivity contribution in [1.29, 1.82) is 0 Å². The van der Waals surface area contributed by atoms with Crippen molar-refractivity contribution in [3.63, 3.8) is 0 Å². The first-order valence-electron chi connectivity index (χ1n) is 7.00. The van der Waals surface area contributed by atoms with E-state index in [-0.39, 0.29) is 24.2 Å². The SMILES string of the molecule is CCOc1c(F)cc([C@@H](N)C2CCCCC2)cc1Cl.Cl. The van der Waals surface area contributed by atoms with Gasteiger partial charge in [-0.3, -0.25) is 0 Å². The van der Waals surface area contributed by atoms with Gasteiger partial charge in [0.15, 0.2) is 11.6 Å². The summed E-state index contributed by atoms with van der Waals surface area (Å²) in [6, 6.07) is 3.08. The molecule has 0 aromatic heterocycles. The second kappa shape index (κ2) is 8.06. The van der Waals surface area contributed by atoms with E-state index in [0.29, 0.717) is 17.5 Å². The molecule has 0 saturated heterocycles. The van der Waals surface area contributed by atoms with Gasteiger partial charge < -0.3 is 10.5 Å². The molecule has 1 atom stereocenters. The van der Waals surface area contributed by atoms with E-state index in [0.717, 1.165) is 18.4 Å². The first kappa shape index (κ1) is 17.5. The van der Waals surface area contributed by atoms with Crippen LogP contribution in [-0.2, 0) is 0 Å². The van der Waals surface area contributed by atoms with Gasteiger partial charge in [0.25, 0.3) is 0 Å². The minimum atomic E-state index is -0.421. The summed E-state index contributed by atoms with van der Waals surface area (Å²) in [5.41, 5.74) is 7.04. The van der Waals surface area contributed by atoms with Crippen molar-refractivity contribution in [2.75, 3.05) is 6.61 Å². The Morgan fingerprint density at radius 2 is 2.00 bits per heavy atom. The van der Waals surface area contributed by atoms with Crippen molar-refractivity contribution in [2.45, 2.75) is 45.1 Å². The Bertz CT molecular complexity index is 413. The third kappa shape index (κ3) is 4.00. The van der Waals surface area contributed by atoms with E-state index in [1.54, 1.807) is 13.0 Å². The molecule has 114 valence electrons. The average molecular weight is 322 g/mol. The second-order valence-corrected chi connectivity index (χ2v) is 5.58. The molecule has 0 unspecified atom stereocenters. The third-order valence-electron chi connectivity index (χ3n) is 3.85. The molecular weight excluding hydrogens is 300 g/mol. The van der Waals surface area contributed by atoms with Gasteiger partial charge in [0, 0.05) is 6.04 Å². The largest absolute Gasteiger partial charge is 0.489 e. The predicted molar refractivity (Wildman–Crippen MR) is 83.3 cm³/mol. The summed E-state index contributed by atoms with van der Waals surface area (Å²) < 4.78 is 19.2. The van der Waals surface area contributed by atoms with Gasteiger partial charge >= 0.3 is 0 Å². The van der Waals surface area contributed by atoms with Crippen molar-refractivity contribution >= 4 is 24.0 Å². The highest BCUT2D eigenvalue weighted by molar-refractivity contribution is 6.32. The summed E-state index contributed by atoms with van der Waals surface area (Å²) in [5.74, 6) is 0.140. The van der Waals surface area contributed by atoms with E-state index in [9.17, 15) is 4.39 Å². The lowest BCUT2D eigenvalue weighted by atomic mass is 9.81. The molecule has 0 spiro atoms. The van der Waals surface area contributed by atoms with Crippen molar-refractivity contribution < 1.29 is 9.13 Å². The minimum absolute atomic E-state index is 0. The lowest BCUT2D eigenvalue weighted by Gasteiger charge is -2.28. The molecule has 1 saturated carbocycles. The molecule has 1 aromatic carbocycles. The Kier molecular flexibility index (Phi) is 7.07. The third-order valence-corrected chi connectivity index (χ3v) is 4.13. The fourth-order valence-corrected chi connectivity index (χ4v) is 3.09. The Hall–Kier alpha value is -0.510. The predicted octanol–water partition coefficient (Wildman–Crippen LogP) is 4.88. The van der Waals surface area contributed by atoms with Gasteiger partial charge in [-0.25, -0.2) is 4.39 Å². The molecule has 1 aromatic rings. The maximum atomic E-state index is 14.0. The molecule has 0 amide bonds. The number of nitrogens with two attached hydrogens (primary N) is 1. The van der Waals surface area contributed by atoms with E-state index in [1.807, 2.05) is 0 Å². The second-order valence-electron chi connectivity index (χ2n) is 5.17. The summed E-state index contributed by atoms with van der Waals surface area (Å²) in [5, 5.41) is 0.308. The number of ether oxygens (including phenoxy) is 1. The van der Waals surface area contributed by atoms with Gasteiger partial charge in [0.2, 0.25) is 0 Å². The average Bonchev–Trinajstić information content (AvgIpc) is 2.43. The van der Waals surface area contributed by atoms with Gasteiger partial charge in [0.05, 0.1) is 11.6 Å². The number of halogens is 3. The molecule has 1 aliphatic rings. The first-order chi connectivity index (χ1) is 9.13. The number of hydrogen-bond donors (Lipinski definition) is 1. The van der Waals surface area contributed by atoms with Gasteiger partial charge in [0.1, 0.15) is 0 Å². The van der Waals surface area contributed by atoms with E-state index >= 15 is 0 Å². The lowest BCUT2D eigenvalue weighted by Crippen LogP contribution is -2.23. The van der Waals surface area contributed by atoms with Crippen LogP contribution in [0.25, 0.3) is 0 Å². The fourth-order valence-electron chi connectivity index (χ4n) is 2.82. The highest BCUT2D eigenvalue weighted by Crippen LogP contribution is 2.36. The maximum Gasteiger partial charge on any atom is 0.173 e. The van der Waals surface area contributed by atoms with E-state index < -0.39 is 5.82 Å². The topological polar surface area (TPSA) is 35.2 Å². The van der Waals surface area contributed by atoms with Crippen LogP contribution in [0.4, 0.5) is 4.39 Å². The molecule has 0 radical (unpaired) electrons. The lowest BCUT2D eigenvalue weighted by molar-refractivity contribution is 0.305. The summed E-state index contributed by atoms with van der Waals surface area (Å²) in [7, 11) is 0. The molecule has 2 rings (SSSR count). The highest BCUT2D eigenvalue weighted by atomic mass is 35.5. The highest BCUT2D eigenvalue weighted by Gasteiger charge is 2.23. The van der Waals surface area contributed by atoms with Crippen molar-refractivity contribution in [2.24, 2.45) is 11.7 Å². The van der Waals surface area contributed by atoms with Crippen LogP contribution in [-0.4, -0.2) is 6.61 Å². The first-order valence-corrected chi connectivity index (χ1v) is 7.38. The molecule has 2 nitrogen and oxygen atoms in total. The van der Waals surface area contributed by atoms with Crippen molar-refractivity contribution in [3.05, 3.63) is 28.5 Å². The van der Waals surface area contributed by atoms with E-state index in [1.165, 1.54) is 25.3 Å². The summed E-state index contributed by atoms with van der Waals surface area (Å²) in [6.07, 6.45) is 5.94. The smallest absolute Gasteiger partial charge is 0.173 e. The van der Waals surface area contributed by atoms with Gasteiger partial charge in [-0.2, -0.15) is 0 Å². The molecule has 0 heterocycles. The Labute approximate surface area is 131 Å². The minimum Gasteiger partial charge on any atom is -0.489 e. The van der Waals surface area contributed by atoms with Gasteiger partial charge in [-0.15, -0.1) is 12.4 Å². The van der Waals surface area contributed by atoms with Crippen LogP contribution in [0.5, 0.6) is 5.75 Å². The van der Waals surface area contributed by atoms with Crippen LogP contribution in [0.3, 0.4) is 0 Å². The Morgan fingerprint density at radius 1 is 1.35 bits per heavy atom. The Morgan fingerprint density at radius 3 is 2.55 bits per heavy atom. The van der Waals surface area contributed by atoms with Gasteiger partial charge in [-0.05, 0) is 43.4 Å². The number of rotatable bonds is 4. The molecule has 5 heteroatoms. The van der Waals surface area contributed by atoms with Crippen molar-refractivity contribution in [3.8, 4) is 5.75 Å². The summed E-state index contributed by atoms with van der Waals surface area (Å²) in [6.45, 7) is 2.20. The van der Waals surface area contributed by atoms with Crippen LogP contribution < -0.4 is 10.5 Å². The number of benzene rings is 1. The van der Waals surface area contributed by atoms with Crippen LogP contribution in [0, 0.1) is 11.7 Å². The van der Waals surface area contributed by atoms with Crippen LogP contribution >= 0.6 is 24.0 Å². The van der Waals surface area contributed by atoms with Gasteiger partial charge in [-0.1, -0.05) is 30.9 Å². The molecule has 1 fully saturated rings. The molecule has 0 bridgehead atoms. The Balaban J connectivity index is 0.00000200. The standard InChI is InChI=1S/C15H21ClFNO.ClH/c1-2-19-15-12(16)8-11(9-13(15)17)14(18)10-6-4-3-5-7-10;/h8-10,14H,2-7,18H2,1H3;1H/t14-;/m0./s1. The van der Waals surface area contributed by atoms with E-state index in [2.05, 4.69) is 0 Å².